The van der Waals surface area contributed by atoms with Crippen LogP contribution in [0.15, 0.2) is 53.7 Å². The molecule has 2 aromatic carbocycles. The summed E-state index contributed by atoms with van der Waals surface area (Å²) < 4.78 is 0. The van der Waals surface area contributed by atoms with E-state index in [-0.39, 0.29) is 11.0 Å². The Kier molecular flexibility index (Phi) is 6.24. The van der Waals surface area contributed by atoms with Crippen molar-refractivity contribution < 1.29 is 14.5 Å². The van der Waals surface area contributed by atoms with Crippen LogP contribution in [-0.2, 0) is 21.5 Å². The first kappa shape index (κ1) is 22.3. The van der Waals surface area contributed by atoms with Crippen LogP contribution in [0.2, 0.25) is 0 Å². The summed E-state index contributed by atoms with van der Waals surface area (Å²) in [5, 5.41) is 8.93. The average Bonchev–Trinajstić information content (AvgIpc) is 3.19. The Morgan fingerprint density at radius 2 is 1.88 bits per heavy atom. The first-order chi connectivity index (χ1) is 15.3. The van der Waals surface area contributed by atoms with Crippen molar-refractivity contribution >= 4 is 17.5 Å². The van der Waals surface area contributed by atoms with E-state index in [1.807, 2.05) is 24.3 Å². The van der Waals surface area contributed by atoms with Crippen LogP contribution in [0.5, 0.6) is 0 Å². The third kappa shape index (κ3) is 5.13. The molecule has 0 saturated carbocycles. The average molecular weight is 436 g/mol. The minimum absolute atomic E-state index is 0.131. The molecule has 0 aromatic heterocycles. The monoisotopic (exact) mass is 435 g/mol. The number of benzene rings is 2. The summed E-state index contributed by atoms with van der Waals surface area (Å²) >= 11 is 0. The third-order valence-corrected chi connectivity index (χ3v) is 6.35. The fraction of sp³-hybridized carbons (Fsp3) is 0.462. The molecule has 0 bridgehead atoms. The highest BCUT2D eigenvalue weighted by molar-refractivity contribution is 6.01. The lowest BCUT2D eigenvalue weighted by atomic mass is 9.84. The third-order valence-electron chi connectivity index (χ3n) is 6.35. The van der Waals surface area contributed by atoms with Crippen molar-refractivity contribution in [2.45, 2.75) is 64.4 Å². The van der Waals surface area contributed by atoms with E-state index in [4.69, 9.17) is 9.68 Å². The maximum Gasteiger partial charge on any atom is 0.430 e. The Hall–Kier alpha value is -2.86. The minimum atomic E-state index is -0.461. The smallest absolute Gasteiger partial charge is 0.388 e. The van der Waals surface area contributed by atoms with Gasteiger partial charge >= 0.3 is 6.09 Å². The van der Waals surface area contributed by atoms with E-state index in [1.54, 1.807) is 5.06 Å². The molecule has 2 aliphatic rings. The molecule has 2 aliphatic heterocycles. The summed E-state index contributed by atoms with van der Waals surface area (Å²) in [6.07, 6.45) is 2.77. The van der Waals surface area contributed by atoms with Gasteiger partial charge in [0.1, 0.15) is 5.60 Å². The number of nitrogens with one attached hydrogen (secondary N) is 1. The van der Waals surface area contributed by atoms with Crippen LogP contribution in [-0.4, -0.2) is 35.6 Å². The molecule has 1 amide bonds. The van der Waals surface area contributed by atoms with Gasteiger partial charge in [-0.2, -0.15) is 0 Å². The molecule has 1 N–H and O–H groups in total. The highest BCUT2D eigenvalue weighted by Crippen LogP contribution is 2.36. The largest absolute Gasteiger partial charge is 0.430 e. The molecule has 0 atom stereocenters. The fourth-order valence-corrected chi connectivity index (χ4v) is 4.22. The highest BCUT2D eigenvalue weighted by Gasteiger charge is 2.43. The maximum absolute atomic E-state index is 12.3. The Morgan fingerprint density at radius 3 is 2.53 bits per heavy atom. The number of aryl methyl sites for hydroxylation is 1. The van der Waals surface area contributed by atoms with Crippen molar-refractivity contribution in [3.05, 3.63) is 65.2 Å². The number of carbonyl (C=O) groups excluding carboxylic acids is 1. The molecule has 4 rings (SSSR count). The lowest BCUT2D eigenvalue weighted by molar-refractivity contribution is -0.154. The van der Waals surface area contributed by atoms with Crippen molar-refractivity contribution in [3.63, 3.8) is 0 Å². The van der Waals surface area contributed by atoms with Crippen LogP contribution in [0.1, 0.15) is 63.6 Å². The van der Waals surface area contributed by atoms with Gasteiger partial charge in [0, 0.05) is 38.0 Å². The van der Waals surface area contributed by atoms with Crippen LogP contribution < -0.4 is 5.32 Å². The normalized spacial score (nSPS) is 18.2. The van der Waals surface area contributed by atoms with Crippen molar-refractivity contribution in [1.29, 1.82) is 0 Å². The van der Waals surface area contributed by atoms with Gasteiger partial charge in [-0.1, -0.05) is 69.2 Å². The molecular formula is C26H33N3O3. The summed E-state index contributed by atoms with van der Waals surface area (Å²) in [4.78, 5) is 23.7. The summed E-state index contributed by atoms with van der Waals surface area (Å²) in [5.74, 6) is 0. The second-order valence-corrected chi connectivity index (χ2v) is 9.80. The summed E-state index contributed by atoms with van der Waals surface area (Å²) in [6, 6.07) is 16.4. The van der Waals surface area contributed by atoms with E-state index in [0.717, 1.165) is 42.6 Å². The Morgan fingerprint density at radius 1 is 1.16 bits per heavy atom. The molecule has 2 aromatic rings. The van der Waals surface area contributed by atoms with Crippen LogP contribution in [0, 0.1) is 0 Å². The van der Waals surface area contributed by atoms with Gasteiger partial charge < -0.3 is 9.68 Å². The zero-order valence-corrected chi connectivity index (χ0v) is 19.5. The van der Waals surface area contributed by atoms with E-state index in [2.05, 4.69) is 62.4 Å². The second-order valence-electron chi connectivity index (χ2n) is 9.80. The van der Waals surface area contributed by atoms with E-state index < -0.39 is 6.09 Å². The molecule has 1 saturated heterocycles. The van der Waals surface area contributed by atoms with Gasteiger partial charge in [-0.25, -0.2) is 4.79 Å². The van der Waals surface area contributed by atoms with E-state index in [1.165, 1.54) is 11.1 Å². The molecule has 0 aliphatic carbocycles. The molecule has 170 valence electrons. The molecular weight excluding hydrogens is 402 g/mol. The van der Waals surface area contributed by atoms with E-state index in [9.17, 15) is 4.79 Å². The number of hydrogen-bond donors (Lipinski definition) is 1. The number of anilines is 1. The maximum atomic E-state index is 12.3. The quantitative estimate of drug-likeness (QED) is 0.672. The molecule has 0 radical (unpaired) electrons. The van der Waals surface area contributed by atoms with Crippen molar-refractivity contribution in [3.8, 4) is 0 Å². The number of hydroxylamine groups is 2. The van der Waals surface area contributed by atoms with Crippen LogP contribution in [0.25, 0.3) is 0 Å². The number of amides is 1. The number of rotatable bonds is 4. The molecule has 6 nitrogen and oxygen atoms in total. The van der Waals surface area contributed by atoms with Crippen molar-refractivity contribution in [2.24, 2.45) is 5.16 Å². The fourth-order valence-electron chi connectivity index (χ4n) is 4.22. The van der Waals surface area contributed by atoms with Gasteiger partial charge in [-0.3, -0.25) is 5.32 Å². The molecule has 6 heteroatoms. The van der Waals surface area contributed by atoms with Crippen molar-refractivity contribution in [1.82, 2.24) is 5.06 Å². The second kappa shape index (κ2) is 8.94. The minimum Gasteiger partial charge on any atom is -0.388 e. The molecule has 1 spiro atoms. The molecule has 1 fully saturated rings. The topological polar surface area (TPSA) is 63.2 Å². The molecule has 32 heavy (non-hydrogen) atoms. The number of hydrogen-bond acceptors (Lipinski definition) is 5. The van der Waals surface area contributed by atoms with Gasteiger partial charge in [0.15, 0.2) is 0 Å². The van der Waals surface area contributed by atoms with Gasteiger partial charge in [0.25, 0.3) is 0 Å². The SMILES string of the molecule is CCc1cccc(NC(=O)ON2CCC3(CC2)CC(c2ccc(C(C)(C)C)cc2)=NO3)c1. The molecule has 0 unspecified atom stereocenters. The Labute approximate surface area is 190 Å². The lowest BCUT2D eigenvalue weighted by Crippen LogP contribution is -2.45. The number of piperidine rings is 1. The first-order valence-corrected chi connectivity index (χ1v) is 11.5. The highest BCUT2D eigenvalue weighted by atomic mass is 16.7. The van der Waals surface area contributed by atoms with Gasteiger partial charge in [0.05, 0.1) is 5.71 Å². The Bertz CT molecular complexity index is 984. The van der Waals surface area contributed by atoms with Gasteiger partial charge in [-0.05, 0) is 40.7 Å². The van der Waals surface area contributed by atoms with E-state index >= 15 is 0 Å². The van der Waals surface area contributed by atoms with Crippen LogP contribution >= 0.6 is 0 Å². The zero-order chi connectivity index (χ0) is 22.8. The van der Waals surface area contributed by atoms with Gasteiger partial charge in [0.2, 0.25) is 0 Å². The van der Waals surface area contributed by atoms with E-state index in [0.29, 0.717) is 13.1 Å². The number of oxime groups is 1. The Balaban J connectivity index is 1.28. The van der Waals surface area contributed by atoms with Crippen LogP contribution in [0.3, 0.4) is 0 Å². The molecule has 2 heterocycles. The predicted octanol–water partition coefficient (Wildman–Crippen LogP) is 5.67. The number of carbonyl (C=O) groups is 1. The predicted molar refractivity (Wildman–Crippen MR) is 127 cm³/mol. The zero-order valence-electron chi connectivity index (χ0n) is 19.5. The summed E-state index contributed by atoms with van der Waals surface area (Å²) in [7, 11) is 0. The lowest BCUT2D eigenvalue weighted by Gasteiger charge is -2.35. The number of nitrogens with zero attached hydrogens (tertiary/aromatic N) is 2. The van der Waals surface area contributed by atoms with Gasteiger partial charge in [-0.15, -0.1) is 5.06 Å². The summed E-state index contributed by atoms with van der Waals surface area (Å²) in [6.45, 7) is 9.97. The van der Waals surface area contributed by atoms with Crippen molar-refractivity contribution in [2.75, 3.05) is 18.4 Å². The standard InChI is InChI=1S/C26H33N3O3/c1-5-19-7-6-8-22(17-19)27-24(30)31-29-15-13-26(14-16-29)18-23(28-32-26)20-9-11-21(12-10-20)25(2,3)4/h6-12,17H,5,13-16,18H2,1-4H3,(H,27,30). The van der Waals surface area contributed by atoms with Crippen LogP contribution in [0.4, 0.5) is 10.5 Å². The first-order valence-electron chi connectivity index (χ1n) is 11.5. The summed E-state index contributed by atoms with van der Waals surface area (Å²) in [5.41, 5.74) is 5.16.